The summed E-state index contributed by atoms with van der Waals surface area (Å²) in [5.74, 6) is 0.478. The monoisotopic (exact) mass is 325 g/mol. The molecular formula is C17H15N3O2S. The Labute approximate surface area is 138 Å². The predicted octanol–water partition coefficient (Wildman–Crippen LogP) is 3.14. The number of amides is 1. The van der Waals surface area contributed by atoms with Gasteiger partial charge < -0.3 is 10.1 Å². The summed E-state index contributed by atoms with van der Waals surface area (Å²) in [7, 11) is 1.58. The minimum atomic E-state index is -0.0911. The van der Waals surface area contributed by atoms with E-state index in [1.165, 1.54) is 11.3 Å². The summed E-state index contributed by atoms with van der Waals surface area (Å²) in [6.45, 7) is 0.462. The highest BCUT2D eigenvalue weighted by molar-refractivity contribution is 7.17. The van der Waals surface area contributed by atoms with Crippen LogP contribution in [0.1, 0.15) is 15.2 Å². The van der Waals surface area contributed by atoms with Gasteiger partial charge in [0.15, 0.2) is 0 Å². The Morgan fingerprint density at radius 3 is 2.83 bits per heavy atom. The van der Waals surface area contributed by atoms with E-state index in [0.717, 1.165) is 16.0 Å². The number of nitrogens with zero attached hydrogens (tertiary/aromatic N) is 2. The molecule has 0 aliphatic rings. The number of hydrogen-bond donors (Lipinski definition) is 1. The molecule has 6 heteroatoms. The Morgan fingerprint density at radius 1 is 1.22 bits per heavy atom. The van der Waals surface area contributed by atoms with Crippen LogP contribution in [0.25, 0.3) is 10.4 Å². The molecule has 0 bridgehead atoms. The van der Waals surface area contributed by atoms with Crippen LogP contribution in [0.15, 0.2) is 55.0 Å². The number of carbonyl (C=O) groups excluding carboxylic acids is 1. The maximum atomic E-state index is 12.2. The number of hydrogen-bond acceptors (Lipinski definition) is 5. The summed E-state index contributed by atoms with van der Waals surface area (Å²) >= 11 is 1.43. The fourth-order valence-corrected chi connectivity index (χ4v) is 2.95. The van der Waals surface area contributed by atoms with Crippen LogP contribution < -0.4 is 10.1 Å². The van der Waals surface area contributed by atoms with Gasteiger partial charge in [0.1, 0.15) is 0 Å². The number of methoxy groups -OCH3 is 1. The molecule has 3 heterocycles. The quantitative estimate of drug-likeness (QED) is 0.783. The van der Waals surface area contributed by atoms with Gasteiger partial charge in [-0.3, -0.25) is 9.78 Å². The molecule has 116 valence electrons. The van der Waals surface area contributed by atoms with Gasteiger partial charge in [-0.2, -0.15) is 0 Å². The first-order valence-electron chi connectivity index (χ1n) is 7.03. The molecule has 0 aromatic carbocycles. The van der Waals surface area contributed by atoms with Crippen molar-refractivity contribution in [2.24, 2.45) is 0 Å². The van der Waals surface area contributed by atoms with Crippen LogP contribution in [0.2, 0.25) is 0 Å². The lowest BCUT2D eigenvalue weighted by Gasteiger charge is -2.03. The van der Waals surface area contributed by atoms with Crippen molar-refractivity contribution < 1.29 is 9.53 Å². The molecule has 1 amide bonds. The highest BCUT2D eigenvalue weighted by Crippen LogP contribution is 2.28. The molecule has 0 aliphatic carbocycles. The first-order chi connectivity index (χ1) is 11.3. The van der Waals surface area contributed by atoms with Crippen LogP contribution in [-0.4, -0.2) is 23.0 Å². The Hall–Kier alpha value is -2.73. The number of ether oxygens (including phenoxy) is 1. The van der Waals surface area contributed by atoms with Gasteiger partial charge in [0.25, 0.3) is 5.91 Å². The summed E-state index contributed by atoms with van der Waals surface area (Å²) in [4.78, 5) is 22.1. The van der Waals surface area contributed by atoms with Gasteiger partial charge in [0.05, 0.1) is 12.0 Å². The lowest BCUT2D eigenvalue weighted by molar-refractivity contribution is 0.0955. The van der Waals surface area contributed by atoms with Gasteiger partial charge in [-0.15, -0.1) is 11.3 Å². The standard InChI is InChI=1S/C17H15N3O2S/c1-22-16-7-4-13(11-19-16)14-5-6-15(23-14)17(21)20-10-12-3-2-8-18-9-12/h2-9,11H,10H2,1H3,(H,20,21). The van der Waals surface area contributed by atoms with Gasteiger partial charge in [-0.25, -0.2) is 4.98 Å². The Kier molecular flexibility index (Phi) is 4.63. The number of thiophene rings is 1. The van der Waals surface area contributed by atoms with Crippen molar-refractivity contribution in [3.63, 3.8) is 0 Å². The van der Waals surface area contributed by atoms with Crippen LogP contribution in [-0.2, 0) is 6.54 Å². The third-order valence-corrected chi connectivity index (χ3v) is 4.37. The van der Waals surface area contributed by atoms with Gasteiger partial charge in [-0.05, 0) is 29.8 Å². The van der Waals surface area contributed by atoms with Crippen LogP contribution in [0.5, 0.6) is 5.88 Å². The van der Waals surface area contributed by atoms with Crippen molar-refractivity contribution in [3.8, 4) is 16.3 Å². The molecule has 3 aromatic rings. The molecule has 0 atom stereocenters. The highest BCUT2D eigenvalue weighted by Gasteiger charge is 2.10. The first kappa shape index (κ1) is 15.2. The molecule has 23 heavy (non-hydrogen) atoms. The van der Waals surface area contributed by atoms with Crippen molar-refractivity contribution >= 4 is 17.2 Å². The first-order valence-corrected chi connectivity index (χ1v) is 7.85. The van der Waals surface area contributed by atoms with Crippen LogP contribution >= 0.6 is 11.3 Å². The number of nitrogens with one attached hydrogen (secondary N) is 1. The van der Waals surface area contributed by atoms with Crippen LogP contribution in [0.3, 0.4) is 0 Å². The normalized spacial score (nSPS) is 10.3. The van der Waals surface area contributed by atoms with Crippen molar-refractivity contribution in [1.82, 2.24) is 15.3 Å². The van der Waals surface area contributed by atoms with E-state index >= 15 is 0 Å². The van der Waals surface area contributed by atoms with E-state index in [-0.39, 0.29) is 5.91 Å². The number of aromatic nitrogens is 2. The van der Waals surface area contributed by atoms with Crippen molar-refractivity contribution in [3.05, 3.63) is 65.4 Å². The van der Waals surface area contributed by atoms with Crippen LogP contribution in [0.4, 0.5) is 0 Å². The SMILES string of the molecule is COc1ccc(-c2ccc(C(=O)NCc3cccnc3)s2)cn1. The molecular weight excluding hydrogens is 310 g/mol. The minimum absolute atomic E-state index is 0.0911. The lowest BCUT2D eigenvalue weighted by Crippen LogP contribution is -2.21. The minimum Gasteiger partial charge on any atom is -0.481 e. The highest BCUT2D eigenvalue weighted by atomic mass is 32.1. The van der Waals surface area contributed by atoms with Gasteiger partial charge in [0, 0.05) is 41.6 Å². The average Bonchev–Trinajstić information content (AvgIpc) is 3.11. The van der Waals surface area contributed by atoms with Crippen molar-refractivity contribution in [1.29, 1.82) is 0 Å². The molecule has 0 fully saturated rings. The molecule has 0 aliphatic heterocycles. The van der Waals surface area contributed by atoms with E-state index in [0.29, 0.717) is 17.3 Å². The second-order valence-corrected chi connectivity index (χ2v) is 5.88. The maximum absolute atomic E-state index is 12.2. The zero-order valence-corrected chi connectivity index (χ0v) is 13.3. The molecule has 5 nitrogen and oxygen atoms in total. The second-order valence-electron chi connectivity index (χ2n) is 4.80. The van der Waals surface area contributed by atoms with Gasteiger partial charge >= 0.3 is 0 Å². The van der Waals surface area contributed by atoms with E-state index in [4.69, 9.17) is 4.74 Å². The summed E-state index contributed by atoms with van der Waals surface area (Å²) < 4.78 is 5.05. The smallest absolute Gasteiger partial charge is 0.261 e. The summed E-state index contributed by atoms with van der Waals surface area (Å²) in [6.07, 6.45) is 5.19. The summed E-state index contributed by atoms with van der Waals surface area (Å²) in [6, 6.07) is 11.2. The fourth-order valence-electron chi connectivity index (χ4n) is 2.03. The van der Waals surface area contributed by atoms with Crippen LogP contribution in [0, 0.1) is 0 Å². The lowest BCUT2D eigenvalue weighted by atomic mass is 10.2. The van der Waals surface area contributed by atoms with E-state index in [1.807, 2.05) is 30.3 Å². The molecule has 3 rings (SSSR count). The molecule has 3 aromatic heterocycles. The number of carbonyl (C=O) groups is 1. The molecule has 0 radical (unpaired) electrons. The average molecular weight is 325 g/mol. The fraction of sp³-hybridized carbons (Fsp3) is 0.118. The van der Waals surface area contributed by atoms with E-state index < -0.39 is 0 Å². The topological polar surface area (TPSA) is 64.1 Å². The number of pyridine rings is 2. The second kappa shape index (κ2) is 7.02. The number of rotatable bonds is 5. The molecule has 0 spiro atoms. The van der Waals surface area contributed by atoms with Crippen molar-refractivity contribution in [2.75, 3.05) is 7.11 Å². The maximum Gasteiger partial charge on any atom is 0.261 e. The molecule has 0 saturated heterocycles. The Balaban J connectivity index is 1.67. The molecule has 0 unspecified atom stereocenters. The third kappa shape index (κ3) is 3.73. The summed E-state index contributed by atoms with van der Waals surface area (Å²) in [5, 5.41) is 2.89. The zero-order chi connectivity index (χ0) is 16.1. The molecule has 1 N–H and O–H groups in total. The largest absolute Gasteiger partial charge is 0.481 e. The van der Waals surface area contributed by atoms with Crippen molar-refractivity contribution in [2.45, 2.75) is 6.54 Å². The van der Waals surface area contributed by atoms with Gasteiger partial charge in [0.2, 0.25) is 5.88 Å². The van der Waals surface area contributed by atoms with E-state index in [2.05, 4.69) is 15.3 Å². The molecule has 0 saturated carbocycles. The zero-order valence-electron chi connectivity index (χ0n) is 12.5. The Bertz CT molecular complexity index is 785. The van der Waals surface area contributed by atoms with Gasteiger partial charge in [-0.1, -0.05) is 6.07 Å². The van der Waals surface area contributed by atoms with E-state index in [9.17, 15) is 4.79 Å². The van der Waals surface area contributed by atoms with E-state index in [1.54, 1.807) is 31.8 Å². The summed E-state index contributed by atoms with van der Waals surface area (Å²) in [5.41, 5.74) is 1.93. The predicted molar refractivity (Wildman–Crippen MR) is 89.5 cm³/mol. The third-order valence-electron chi connectivity index (χ3n) is 3.24. The Morgan fingerprint density at radius 2 is 2.13 bits per heavy atom.